The number of fused-ring (bicyclic) bond motifs is 1. The van der Waals surface area contributed by atoms with Crippen LogP contribution in [0.5, 0.6) is 11.6 Å². The smallest absolute Gasteiger partial charge is 0.388 e. The summed E-state index contributed by atoms with van der Waals surface area (Å²) in [6.07, 6.45) is 0. The van der Waals surface area contributed by atoms with Crippen molar-refractivity contribution in [1.29, 1.82) is 5.26 Å². The summed E-state index contributed by atoms with van der Waals surface area (Å²) in [5, 5.41) is 9.62. The lowest BCUT2D eigenvalue weighted by Gasteiger charge is -2.16. The number of ether oxygens (including phenoxy) is 2. The van der Waals surface area contributed by atoms with Crippen LogP contribution in [0.2, 0.25) is 0 Å². The van der Waals surface area contributed by atoms with Crippen LogP contribution in [0.25, 0.3) is 16.7 Å². The highest BCUT2D eigenvalue weighted by atomic mass is 19.3. The van der Waals surface area contributed by atoms with Gasteiger partial charge in [0.2, 0.25) is 5.88 Å². The Morgan fingerprint density at radius 1 is 1.22 bits per heavy atom. The minimum Gasteiger partial charge on any atom is -0.496 e. The Bertz CT molecular complexity index is 1090. The van der Waals surface area contributed by atoms with E-state index in [1.54, 1.807) is 18.6 Å². The molecule has 1 aromatic carbocycles. The monoisotopic (exact) mass is 373 g/mol. The first-order valence-corrected chi connectivity index (χ1v) is 7.98. The molecule has 0 fully saturated rings. The van der Waals surface area contributed by atoms with Gasteiger partial charge in [-0.15, -0.1) is 0 Å². The number of nitrogens with two attached hydrogens (primary N) is 1. The van der Waals surface area contributed by atoms with Crippen LogP contribution >= 0.6 is 0 Å². The quantitative estimate of drug-likeness (QED) is 0.752. The molecule has 7 nitrogen and oxygen atoms in total. The molecule has 2 heterocycles. The lowest BCUT2D eigenvalue weighted by molar-refractivity contribution is -0.0518. The van der Waals surface area contributed by atoms with E-state index in [0.717, 1.165) is 11.1 Å². The van der Waals surface area contributed by atoms with Gasteiger partial charge in [0.15, 0.2) is 5.65 Å². The molecule has 3 rings (SSSR count). The number of nitrogen functional groups attached to an aromatic ring is 1. The number of aromatic nitrogens is 3. The molecule has 0 saturated carbocycles. The largest absolute Gasteiger partial charge is 0.496 e. The van der Waals surface area contributed by atoms with E-state index in [1.807, 2.05) is 32.0 Å². The van der Waals surface area contributed by atoms with Crippen LogP contribution in [0.15, 0.2) is 12.1 Å². The van der Waals surface area contributed by atoms with Crippen molar-refractivity contribution in [2.45, 2.75) is 27.4 Å². The molecule has 27 heavy (non-hydrogen) atoms. The molecule has 0 bridgehead atoms. The number of hydrogen-bond donors (Lipinski definition) is 1. The molecule has 3 aromatic rings. The molecule has 0 radical (unpaired) electrons. The second kappa shape index (κ2) is 6.72. The predicted octanol–water partition coefficient (Wildman–Crippen LogP) is 3.41. The molecular weight excluding hydrogens is 356 g/mol. The van der Waals surface area contributed by atoms with Gasteiger partial charge in [-0.05, 0) is 32.4 Å². The van der Waals surface area contributed by atoms with Crippen molar-refractivity contribution in [1.82, 2.24) is 14.5 Å². The summed E-state index contributed by atoms with van der Waals surface area (Å²) >= 11 is 0. The van der Waals surface area contributed by atoms with E-state index in [9.17, 15) is 14.0 Å². The fourth-order valence-electron chi connectivity index (χ4n) is 3.16. The highest BCUT2D eigenvalue weighted by Gasteiger charge is 2.26. The van der Waals surface area contributed by atoms with E-state index in [0.29, 0.717) is 11.4 Å². The van der Waals surface area contributed by atoms with E-state index < -0.39 is 6.61 Å². The van der Waals surface area contributed by atoms with E-state index in [1.165, 1.54) is 0 Å². The summed E-state index contributed by atoms with van der Waals surface area (Å²) in [6, 6.07) is 5.60. The lowest BCUT2D eigenvalue weighted by Crippen LogP contribution is -2.08. The lowest BCUT2D eigenvalue weighted by atomic mass is 10.1. The predicted molar refractivity (Wildman–Crippen MR) is 95.4 cm³/mol. The number of nitriles is 1. The van der Waals surface area contributed by atoms with Crippen molar-refractivity contribution in [2.75, 3.05) is 12.8 Å². The van der Waals surface area contributed by atoms with Crippen LogP contribution in [0, 0.1) is 32.1 Å². The number of anilines is 1. The Labute approximate surface area is 154 Å². The molecule has 140 valence electrons. The number of rotatable bonds is 4. The molecule has 0 unspecified atom stereocenters. The summed E-state index contributed by atoms with van der Waals surface area (Å²) in [7, 11) is 1.54. The van der Waals surface area contributed by atoms with E-state index in [2.05, 4.69) is 14.7 Å². The molecule has 0 aliphatic carbocycles. The van der Waals surface area contributed by atoms with Gasteiger partial charge in [0, 0.05) is 5.56 Å². The van der Waals surface area contributed by atoms with Crippen molar-refractivity contribution >= 4 is 16.9 Å². The maximum absolute atomic E-state index is 12.9. The number of nitrogens with zero attached hydrogens (tertiary/aromatic N) is 4. The van der Waals surface area contributed by atoms with Crippen LogP contribution in [0.3, 0.4) is 0 Å². The third-order valence-electron chi connectivity index (χ3n) is 4.27. The Kier molecular flexibility index (Phi) is 4.57. The van der Waals surface area contributed by atoms with E-state index >= 15 is 0 Å². The standard InChI is InChI=1S/C18H17F2N5O2/c1-8-5-6-12(26-4)9(2)14(8)25-15(22)11(7-21)13-16(25)23-10(3)24-17(13)27-18(19)20/h5-6,18H,22H2,1-4H3. The van der Waals surface area contributed by atoms with Gasteiger partial charge in [0.1, 0.15) is 34.4 Å². The highest BCUT2D eigenvalue weighted by Crippen LogP contribution is 2.38. The summed E-state index contributed by atoms with van der Waals surface area (Å²) in [6.45, 7) is 2.15. The topological polar surface area (TPSA) is 99.0 Å². The van der Waals surface area contributed by atoms with Gasteiger partial charge >= 0.3 is 6.61 Å². The summed E-state index contributed by atoms with van der Waals surface area (Å²) in [4.78, 5) is 8.26. The second-order valence-electron chi connectivity index (χ2n) is 5.92. The van der Waals surface area contributed by atoms with E-state index in [4.69, 9.17) is 10.5 Å². The molecule has 0 spiro atoms. The number of aryl methyl sites for hydroxylation is 2. The number of methoxy groups -OCH3 is 1. The van der Waals surface area contributed by atoms with Crippen LogP contribution in [0.4, 0.5) is 14.6 Å². The first-order valence-electron chi connectivity index (χ1n) is 7.98. The van der Waals surface area contributed by atoms with Gasteiger partial charge < -0.3 is 15.2 Å². The highest BCUT2D eigenvalue weighted by molar-refractivity contribution is 5.95. The maximum atomic E-state index is 12.9. The zero-order valence-electron chi connectivity index (χ0n) is 15.2. The van der Waals surface area contributed by atoms with Crippen molar-refractivity contribution in [3.63, 3.8) is 0 Å². The Morgan fingerprint density at radius 2 is 1.93 bits per heavy atom. The van der Waals surface area contributed by atoms with Gasteiger partial charge in [-0.3, -0.25) is 4.57 Å². The van der Waals surface area contributed by atoms with Crippen LogP contribution in [-0.4, -0.2) is 28.3 Å². The molecule has 0 saturated heterocycles. The maximum Gasteiger partial charge on any atom is 0.388 e. The molecule has 0 aliphatic heterocycles. The fourth-order valence-corrected chi connectivity index (χ4v) is 3.16. The van der Waals surface area contributed by atoms with Crippen LogP contribution in [-0.2, 0) is 0 Å². The Hall–Kier alpha value is -3.41. The average Bonchev–Trinajstić information content (AvgIpc) is 2.86. The molecule has 2 aromatic heterocycles. The first kappa shape index (κ1) is 18.4. The third-order valence-corrected chi connectivity index (χ3v) is 4.27. The SMILES string of the molecule is COc1ccc(C)c(-n2c(N)c(C#N)c3c(OC(F)F)nc(C)nc32)c1C. The molecule has 9 heteroatoms. The van der Waals surface area contributed by atoms with Gasteiger partial charge in [0.25, 0.3) is 0 Å². The van der Waals surface area contributed by atoms with Crippen molar-refractivity contribution < 1.29 is 18.3 Å². The third kappa shape index (κ3) is 2.89. The summed E-state index contributed by atoms with van der Waals surface area (Å²) < 4.78 is 37.2. The van der Waals surface area contributed by atoms with Crippen molar-refractivity contribution in [3.8, 4) is 23.4 Å². The van der Waals surface area contributed by atoms with E-state index in [-0.39, 0.29) is 34.1 Å². The normalized spacial score (nSPS) is 11.0. The molecule has 0 amide bonds. The van der Waals surface area contributed by atoms with Gasteiger partial charge in [-0.2, -0.15) is 19.0 Å². The Balaban J connectivity index is 2.48. The van der Waals surface area contributed by atoms with Crippen LogP contribution in [0.1, 0.15) is 22.5 Å². The zero-order valence-corrected chi connectivity index (χ0v) is 15.2. The average molecular weight is 373 g/mol. The molecule has 0 aliphatic rings. The second-order valence-corrected chi connectivity index (χ2v) is 5.92. The number of benzene rings is 1. The molecule has 0 atom stereocenters. The minimum absolute atomic E-state index is 0.0257. The zero-order chi connectivity index (χ0) is 19.9. The van der Waals surface area contributed by atoms with Gasteiger partial charge in [-0.25, -0.2) is 4.98 Å². The minimum atomic E-state index is -3.10. The molecular formula is C18H17F2N5O2. The Morgan fingerprint density at radius 3 is 2.52 bits per heavy atom. The number of halogens is 2. The fraction of sp³-hybridized carbons (Fsp3) is 0.278. The number of hydrogen-bond acceptors (Lipinski definition) is 6. The molecule has 2 N–H and O–H groups in total. The van der Waals surface area contributed by atoms with Crippen molar-refractivity contribution in [2.24, 2.45) is 0 Å². The van der Waals surface area contributed by atoms with Gasteiger partial charge in [0.05, 0.1) is 12.8 Å². The summed E-state index contributed by atoms with van der Waals surface area (Å²) in [5.41, 5.74) is 8.67. The van der Waals surface area contributed by atoms with Crippen molar-refractivity contribution in [3.05, 3.63) is 34.6 Å². The summed E-state index contributed by atoms with van der Waals surface area (Å²) in [5.74, 6) is 0.503. The van der Waals surface area contributed by atoms with Gasteiger partial charge in [-0.1, -0.05) is 6.07 Å². The van der Waals surface area contributed by atoms with Crippen LogP contribution < -0.4 is 15.2 Å². The first-order chi connectivity index (χ1) is 12.8. The number of alkyl halides is 2.